The summed E-state index contributed by atoms with van der Waals surface area (Å²) < 4.78 is 26.8. The number of sulfonamides is 1. The molecule has 0 unspecified atom stereocenters. The molecule has 1 rings (SSSR count). The van der Waals surface area contributed by atoms with Gasteiger partial charge in [-0.25, -0.2) is 13.4 Å². The van der Waals surface area contributed by atoms with Crippen LogP contribution in [0.15, 0.2) is 17.2 Å². The molecule has 5 nitrogen and oxygen atoms in total. The number of hydrogen-bond acceptors (Lipinski definition) is 4. The lowest BCUT2D eigenvalue weighted by Gasteiger charge is -2.27. The minimum Gasteiger partial charge on any atom is -0.372 e. The minimum atomic E-state index is -3.58. The van der Waals surface area contributed by atoms with E-state index in [-0.39, 0.29) is 16.9 Å². The number of rotatable bonds is 6. The number of aromatic nitrogens is 1. The van der Waals surface area contributed by atoms with Gasteiger partial charge in [-0.05, 0) is 25.8 Å². The molecule has 1 N–H and O–H groups in total. The Hall–Kier alpha value is -0.850. The van der Waals surface area contributed by atoms with Crippen LogP contribution in [0.2, 0.25) is 5.02 Å². The van der Waals surface area contributed by atoms with Gasteiger partial charge in [-0.3, -0.25) is 0 Å². The molecule has 7 heteroatoms. The molecule has 0 aliphatic carbocycles. The van der Waals surface area contributed by atoms with Gasteiger partial charge in [0.25, 0.3) is 0 Å². The Morgan fingerprint density at radius 1 is 1.35 bits per heavy atom. The molecule has 0 fully saturated rings. The van der Waals surface area contributed by atoms with Crippen LogP contribution in [-0.4, -0.2) is 37.3 Å². The second-order valence-corrected chi connectivity index (χ2v) is 7.61. The molecule has 0 aliphatic heterocycles. The maximum Gasteiger partial charge on any atom is 0.244 e. The summed E-state index contributed by atoms with van der Waals surface area (Å²) in [5.41, 5.74) is 0. The highest BCUT2D eigenvalue weighted by Crippen LogP contribution is 2.25. The highest BCUT2D eigenvalue weighted by molar-refractivity contribution is 7.89. The number of nitrogens with one attached hydrogen (secondary N) is 1. The average Bonchev–Trinajstić information content (AvgIpc) is 2.35. The zero-order valence-electron chi connectivity index (χ0n) is 12.5. The van der Waals surface area contributed by atoms with Crippen molar-refractivity contribution in [2.75, 3.05) is 18.9 Å². The quantitative estimate of drug-likeness (QED) is 0.875. The molecule has 1 heterocycles. The van der Waals surface area contributed by atoms with Crippen LogP contribution in [0, 0.1) is 5.92 Å². The van der Waals surface area contributed by atoms with E-state index < -0.39 is 10.0 Å². The van der Waals surface area contributed by atoms with Crippen molar-refractivity contribution >= 4 is 27.4 Å². The third-order valence-corrected chi connectivity index (χ3v) is 5.08. The van der Waals surface area contributed by atoms with Crippen molar-refractivity contribution < 1.29 is 8.42 Å². The molecule has 0 saturated heterocycles. The number of pyridine rings is 1. The van der Waals surface area contributed by atoms with E-state index in [1.54, 1.807) is 7.05 Å². The zero-order valence-corrected chi connectivity index (χ0v) is 14.1. The lowest BCUT2D eigenvalue weighted by molar-refractivity contribution is 0.319. The van der Waals surface area contributed by atoms with Crippen molar-refractivity contribution in [1.29, 1.82) is 0 Å². The van der Waals surface area contributed by atoms with E-state index in [2.05, 4.69) is 10.3 Å². The largest absolute Gasteiger partial charge is 0.372 e. The number of anilines is 1. The molecule has 0 aliphatic rings. The van der Waals surface area contributed by atoms with Crippen LogP contribution >= 0.6 is 11.6 Å². The Morgan fingerprint density at radius 2 is 1.95 bits per heavy atom. The van der Waals surface area contributed by atoms with Gasteiger partial charge in [-0.2, -0.15) is 4.31 Å². The fourth-order valence-electron chi connectivity index (χ4n) is 1.83. The van der Waals surface area contributed by atoms with Crippen LogP contribution in [0.25, 0.3) is 0 Å². The third-order valence-electron chi connectivity index (χ3n) is 2.78. The van der Waals surface area contributed by atoms with E-state index in [1.807, 2.05) is 27.7 Å². The van der Waals surface area contributed by atoms with Crippen LogP contribution in [0.5, 0.6) is 0 Å². The van der Waals surface area contributed by atoms with Gasteiger partial charge >= 0.3 is 0 Å². The van der Waals surface area contributed by atoms with E-state index in [0.29, 0.717) is 17.4 Å². The van der Waals surface area contributed by atoms with Crippen LogP contribution in [-0.2, 0) is 10.0 Å². The van der Waals surface area contributed by atoms with E-state index in [0.717, 1.165) is 0 Å². The highest BCUT2D eigenvalue weighted by atomic mass is 35.5. The fourth-order valence-corrected chi connectivity index (χ4v) is 3.93. The van der Waals surface area contributed by atoms with Gasteiger partial charge in [-0.1, -0.05) is 25.4 Å². The van der Waals surface area contributed by atoms with Crippen molar-refractivity contribution in [3.63, 3.8) is 0 Å². The lowest BCUT2D eigenvalue weighted by atomic mass is 10.2. The normalized spacial score (nSPS) is 12.4. The summed E-state index contributed by atoms with van der Waals surface area (Å²) in [6.45, 7) is 8.15. The van der Waals surface area contributed by atoms with Crippen LogP contribution < -0.4 is 5.32 Å². The molecule has 0 spiro atoms. The summed E-state index contributed by atoms with van der Waals surface area (Å²) in [5, 5.41) is 3.10. The molecule has 20 heavy (non-hydrogen) atoms. The van der Waals surface area contributed by atoms with Crippen molar-refractivity contribution in [2.24, 2.45) is 5.92 Å². The van der Waals surface area contributed by atoms with Gasteiger partial charge in [-0.15, -0.1) is 0 Å². The lowest BCUT2D eigenvalue weighted by Crippen LogP contribution is -2.39. The average molecular weight is 320 g/mol. The molecule has 0 bridgehead atoms. The highest BCUT2D eigenvalue weighted by Gasteiger charge is 2.28. The Bertz CT molecular complexity index is 559. The summed E-state index contributed by atoms with van der Waals surface area (Å²) in [5.74, 6) is 0.706. The molecule has 114 valence electrons. The van der Waals surface area contributed by atoms with Crippen molar-refractivity contribution in [1.82, 2.24) is 9.29 Å². The van der Waals surface area contributed by atoms with Crippen LogP contribution in [0.4, 0.5) is 5.82 Å². The predicted molar refractivity (Wildman–Crippen MR) is 82.7 cm³/mol. The molecule has 1 aromatic heterocycles. The zero-order chi connectivity index (χ0) is 15.5. The molecule has 0 atom stereocenters. The summed E-state index contributed by atoms with van der Waals surface area (Å²) in [6.07, 6.45) is 1.34. The van der Waals surface area contributed by atoms with Gasteiger partial charge in [0.15, 0.2) is 0 Å². The number of hydrogen-bond donors (Lipinski definition) is 1. The first-order valence-corrected chi connectivity index (χ1v) is 8.37. The molecule has 0 amide bonds. The SMILES string of the molecule is CNc1ncc(S(=O)(=O)N(CC(C)C)C(C)C)cc1Cl. The third kappa shape index (κ3) is 3.84. The summed E-state index contributed by atoms with van der Waals surface area (Å²) >= 11 is 6.02. The van der Waals surface area contributed by atoms with Crippen molar-refractivity contribution in [3.05, 3.63) is 17.3 Å². The maximum absolute atomic E-state index is 12.7. The van der Waals surface area contributed by atoms with Gasteiger partial charge in [0.05, 0.1) is 5.02 Å². The van der Waals surface area contributed by atoms with Gasteiger partial charge < -0.3 is 5.32 Å². The summed E-state index contributed by atoms with van der Waals surface area (Å²) in [6, 6.07) is 1.32. The smallest absolute Gasteiger partial charge is 0.244 e. The number of halogens is 1. The van der Waals surface area contributed by atoms with Gasteiger partial charge in [0.2, 0.25) is 10.0 Å². The monoisotopic (exact) mass is 319 g/mol. The Balaban J connectivity index is 3.23. The second-order valence-electron chi connectivity index (χ2n) is 5.31. The van der Waals surface area contributed by atoms with E-state index in [4.69, 9.17) is 11.6 Å². The molecule has 0 radical (unpaired) electrons. The Labute approximate surface area is 126 Å². The van der Waals surface area contributed by atoms with Crippen molar-refractivity contribution in [3.8, 4) is 0 Å². The molecular weight excluding hydrogens is 298 g/mol. The summed E-state index contributed by atoms with van der Waals surface area (Å²) in [4.78, 5) is 4.16. The standard InChI is InChI=1S/C13H22ClN3O2S/c1-9(2)8-17(10(3)4)20(18,19)11-6-12(14)13(15-5)16-7-11/h6-7,9-10H,8H2,1-5H3,(H,15,16). The fraction of sp³-hybridized carbons (Fsp3) is 0.615. The first-order chi connectivity index (χ1) is 9.20. The topological polar surface area (TPSA) is 62.3 Å². The molecule has 1 aromatic rings. The first-order valence-electron chi connectivity index (χ1n) is 6.55. The van der Waals surface area contributed by atoms with Gasteiger partial charge in [0, 0.05) is 25.8 Å². The Morgan fingerprint density at radius 3 is 2.35 bits per heavy atom. The maximum atomic E-state index is 12.7. The van der Waals surface area contributed by atoms with E-state index in [9.17, 15) is 8.42 Å². The Kier molecular flexibility index (Phi) is 5.79. The summed E-state index contributed by atoms with van der Waals surface area (Å²) in [7, 11) is -1.90. The van der Waals surface area contributed by atoms with E-state index >= 15 is 0 Å². The second kappa shape index (κ2) is 6.74. The van der Waals surface area contributed by atoms with E-state index in [1.165, 1.54) is 16.6 Å². The van der Waals surface area contributed by atoms with Crippen LogP contribution in [0.3, 0.4) is 0 Å². The van der Waals surface area contributed by atoms with Gasteiger partial charge in [0.1, 0.15) is 10.7 Å². The predicted octanol–water partition coefficient (Wildman–Crippen LogP) is 2.83. The van der Waals surface area contributed by atoms with Crippen molar-refractivity contribution in [2.45, 2.75) is 38.6 Å². The minimum absolute atomic E-state index is 0.120. The molecule has 0 saturated carbocycles. The number of nitrogens with zero attached hydrogens (tertiary/aromatic N) is 2. The molecular formula is C13H22ClN3O2S. The molecule has 0 aromatic carbocycles. The van der Waals surface area contributed by atoms with Crippen LogP contribution in [0.1, 0.15) is 27.7 Å². The first kappa shape index (κ1) is 17.2.